The molecule has 118 valence electrons. The van der Waals surface area contributed by atoms with Crippen LogP contribution >= 0.6 is 0 Å². The van der Waals surface area contributed by atoms with Crippen molar-refractivity contribution in [2.45, 2.75) is 43.5 Å². The van der Waals surface area contributed by atoms with Gasteiger partial charge in [0, 0.05) is 19.1 Å². The SMILES string of the molecule is CCCN(CC1CCCCN1)S(=O)(=O)c1ccccc1F. The molecule has 1 heterocycles. The van der Waals surface area contributed by atoms with Gasteiger partial charge in [-0.1, -0.05) is 25.5 Å². The number of sulfonamides is 1. The Bertz CT molecular complexity index is 557. The van der Waals surface area contributed by atoms with Crippen molar-refractivity contribution in [3.8, 4) is 0 Å². The summed E-state index contributed by atoms with van der Waals surface area (Å²) < 4.78 is 40.6. The molecule has 0 aliphatic carbocycles. The highest BCUT2D eigenvalue weighted by atomic mass is 32.2. The van der Waals surface area contributed by atoms with Crippen molar-refractivity contribution in [1.82, 2.24) is 9.62 Å². The minimum atomic E-state index is -3.77. The van der Waals surface area contributed by atoms with E-state index < -0.39 is 15.8 Å². The maximum Gasteiger partial charge on any atom is 0.246 e. The third-order valence-corrected chi connectivity index (χ3v) is 5.66. The molecule has 0 amide bonds. The number of benzene rings is 1. The summed E-state index contributed by atoms with van der Waals surface area (Å²) in [4.78, 5) is -0.228. The van der Waals surface area contributed by atoms with Gasteiger partial charge < -0.3 is 5.32 Å². The molecule has 0 saturated carbocycles. The zero-order chi connectivity index (χ0) is 15.3. The number of piperidine rings is 1. The van der Waals surface area contributed by atoms with Crippen LogP contribution in [0.25, 0.3) is 0 Å². The minimum Gasteiger partial charge on any atom is -0.313 e. The lowest BCUT2D eigenvalue weighted by atomic mass is 10.1. The first-order valence-corrected chi connectivity index (χ1v) is 8.97. The quantitative estimate of drug-likeness (QED) is 0.877. The molecule has 1 aromatic carbocycles. The summed E-state index contributed by atoms with van der Waals surface area (Å²) in [6.07, 6.45) is 3.91. The number of nitrogens with one attached hydrogen (secondary N) is 1. The van der Waals surface area contributed by atoms with E-state index in [1.54, 1.807) is 6.07 Å². The predicted octanol–water partition coefficient (Wildman–Crippen LogP) is 2.37. The molecule has 4 nitrogen and oxygen atoms in total. The van der Waals surface area contributed by atoms with Crippen LogP contribution in [0.5, 0.6) is 0 Å². The van der Waals surface area contributed by atoms with Crippen LogP contribution in [0, 0.1) is 5.82 Å². The molecule has 2 rings (SSSR count). The lowest BCUT2D eigenvalue weighted by Gasteiger charge is -2.30. The monoisotopic (exact) mass is 314 g/mol. The third-order valence-electron chi connectivity index (χ3n) is 3.76. The maximum atomic E-state index is 13.8. The van der Waals surface area contributed by atoms with E-state index in [1.165, 1.54) is 22.5 Å². The molecular formula is C15H23FN2O2S. The normalized spacial score (nSPS) is 19.9. The van der Waals surface area contributed by atoms with Crippen LogP contribution in [-0.2, 0) is 10.0 Å². The van der Waals surface area contributed by atoms with E-state index in [1.807, 2.05) is 6.92 Å². The minimum absolute atomic E-state index is 0.159. The Hall–Kier alpha value is -0.980. The van der Waals surface area contributed by atoms with Gasteiger partial charge in [0.25, 0.3) is 0 Å². The topological polar surface area (TPSA) is 49.4 Å². The van der Waals surface area contributed by atoms with Gasteiger partial charge in [-0.15, -0.1) is 0 Å². The second-order valence-corrected chi connectivity index (χ2v) is 7.35. The molecule has 1 N–H and O–H groups in total. The Morgan fingerprint density at radius 3 is 2.71 bits per heavy atom. The summed E-state index contributed by atoms with van der Waals surface area (Å²) in [6, 6.07) is 5.74. The van der Waals surface area contributed by atoms with Gasteiger partial charge in [-0.05, 0) is 37.9 Å². The van der Waals surface area contributed by atoms with Gasteiger partial charge in [-0.2, -0.15) is 4.31 Å². The molecule has 0 bridgehead atoms. The van der Waals surface area contributed by atoms with Crippen molar-refractivity contribution in [3.05, 3.63) is 30.1 Å². The Kier molecular flexibility index (Phi) is 5.72. The summed E-state index contributed by atoms with van der Waals surface area (Å²) in [5.41, 5.74) is 0. The van der Waals surface area contributed by atoms with Crippen molar-refractivity contribution in [2.75, 3.05) is 19.6 Å². The van der Waals surface area contributed by atoms with Gasteiger partial charge in [-0.3, -0.25) is 0 Å². The Labute approximate surface area is 126 Å². The Balaban J connectivity index is 2.21. The number of hydrogen-bond donors (Lipinski definition) is 1. The van der Waals surface area contributed by atoms with Crippen molar-refractivity contribution in [3.63, 3.8) is 0 Å². The summed E-state index contributed by atoms with van der Waals surface area (Å²) in [5.74, 6) is -0.685. The molecule has 1 aliphatic rings. The largest absolute Gasteiger partial charge is 0.313 e. The number of rotatable bonds is 6. The van der Waals surface area contributed by atoms with Crippen molar-refractivity contribution in [2.24, 2.45) is 0 Å². The van der Waals surface area contributed by atoms with Gasteiger partial charge in [0.1, 0.15) is 10.7 Å². The standard InChI is InChI=1S/C15H23FN2O2S/c1-2-11-18(12-13-7-5-6-10-17-13)21(19,20)15-9-4-3-8-14(15)16/h3-4,8-9,13,17H,2,5-7,10-12H2,1H3. The highest BCUT2D eigenvalue weighted by Gasteiger charge is 2.29. The van der Waals surface area contributed by atoms with E-state index >= 15 is 0 Å². The zero-order valence-corrected chi connectivity index (χ0v) is 13.2. The van der Waals surface area contributed by atoms with Crippen LogP contribution in [0.1, 0.15) is 32.6 Å². The van der Waals surface area contributed by atoms with Crippen LogP contribution in [-0.4, -0.2) is 38.4 Å². The molecule has 0 spiro atoms. The number of nitrogens with zero attached hydrogens (tertiary/aromatic N) is 1. The predicted molar refractivity (Wildman–Crippen MR) is 81.1 cm³/mol. The molecule has 0 aromatic heterocycles. The molecule has 1 unspecified atom stereocenters. The van der Waals surface area contributed by atoms with Gasteiger partial charge in [0.05, 0.1) is 0 Å². The van der Waals surface area contributed by atoms with Crippen molar-refractivity contribution < 1.29 is 12.8 Å². The van der Waals surface area contributed by atoms with Crippen LogP contribution in [0.2, 0.25) is 0 Å². The van der Waals surface area contributed by atoms with Gasteiger partial charge in [-0.25, -0.2) is 12.8 Å². The fourth-order valence-electron chi connectivity index (χ4n) is 2.68. The smallest absolute Gasteiger partial charge is 0.246 e. The average molecular weight is 314 g/mol. The molecule has 6 heteroatoms. The second kappa shape index (κ2) is 7.33. The summed E-state index contributed by atoms with van der Waals surface area (Å²) in [7, 11) is -3.77. The van der Waals surface area contributed by atoms with E-state index in [0.29, 0.717) is 19.5 Å². The molecule has 21 heavy (non-hydrogen) atoms. The van der Waals surface area contributed by atoms with Gasteiger partial charge >= 0.3 is 0 Å². The second-order valence-electron chi connectivity index (χ2n) is 5.44. The number of hydrogen-bond acceptors (Lipinski definition) is 3. The highest BCUT2D eigenvalue weighted by Crippen LogP contribution is 2.20. The van der Waals surface area contributed by atoms with Crippen LogP contribution in [0.15, 0.2) is 29.2 Å². The summed E-state index contributed by atoms with van der Waals surface area (Å²) >= 11 is 0. The fourth-order valence-corrected chi connectivity index (χ4v) is 4.32. The van der Waals surface area contributed by atoms with E-state index in [4.69, 9.17) is 0 Å². The molecule has 1 fully saturated rings. The highest BCUT2D eigenvalue weighted by molar-refractivity contribution is 7.89. The first-order valence-electron chi connectivity index (χ1n) is 7.53. The molecule has 1 atom stereocenters. The lowest BCUT2D eigenvalue weighted by Crippen LogP contribution is -2.46. The van der Waals surface area contributed by atoms with Crippen molar-refractivity contribution in [1.29, 1.82) is 0 Å². The molecule has 1 saturated heterocycles. The van der Waals surface area contributed by atoms with Gasteiger partial charge in [0.15, 0.2) is 0 Å². The molecule has 0 radical (unpaired) electrons. The number of halogens is 1. The Morgan fingerprint density at radius 2 is 2.10 bits per heavy atom. The van der Waals surface area contributed by atoms with Gasteiger partial charge in [0.2, 0.25) is 10.0 Å². The van der Waals surface area contributed by atoms with E-state index in [0.717, 1.165) is 25.8 Å². The zero-order valence-electron chi connectivity index (χ0n) is 12.4. The first kappa shape index (κ1) is 16.4. The molecule has 1 aliphatic heterocycles. The first-order chi connectivity index (χ1) is 10.1. The average Bonchev–Trinajstić information content (AvgIpc) is 2.48. The van der Waals surface area contributed by atoms with E-state index in [9.17, 15) is 12.8 Å². The summed E-state index contributed by atoms with van der Waals surface area (Å²) in [5, 5.41) is 3.35. The third kappa shape index (κ3) is 4.02. The summed E-state index contributed by atoms with van der Waals surface area (Å²) in [6.45, 7) is 3.67. The fraction of sp³-hybridized carbons (Fsp3) is 0.600. The van der Waals surface area contributed by atoms with Crippen LogP contribution in [0.3, 0.4) is 0 Å². The van der Waals surface area contributed by atoms with Crippen molar-refractivity contribution >= 4 is 10.0 Å². The maximum absolute atomic E-state index is 13.8. The van der Waals surface area contributed by atoms with E-state index in [2.05, 4.69) is 5.32 Å². The molecule has 1 aromatic rings. The van der Waals surface area contributed by atoms with Crippen LogP contribution < -0.4 is 5.32 Å². The molecular weight excluding hydrogens is 291 g/mol. The van der Waals surface area contributed by atoms with Crippen LogP contribution in [0.4, 0.5) is 4.39 Å². The Morgan fingerprint density at radius 1 is 1.33 bits per heavy atom. The van der Waals surface area contributed by atoms with E-state index in [-0.39, 0.29) is 10.9 Å². The lowest BCUT2D eigenvalue weighted by molar-refractivity contribution is 0.311.